The summed E-state index contributed by atoms with van der Waals surface area (Å²) in [4.78, 5) is 25.8. The largest absolute Gasteiger partial charge is 0.462 e. The number of allylic oxidation sites excluding steroid dienone is 6. The van der Waals surface area contributed by atoms with Crippen LogP contribution in [0, 0.1) is 0 Å². The van der Waals surface area contributed by atoms with Crippen molar-refractivity contribution in [2.45, 2.75) is 268 Å². The van der Waals surface area contributed by atoms with Crippen molar-refractivity contribution in [3.8, 4) is 0 Å². The fourth-order valence-corrected chi connectivity index (χ4v) is 8.40. The minimum atomic E-state index is -1.77. The molecule has 2 aliphatic heterocycles. The highest BCUT2D eigenvalue weighted by Gasteiger charge is 2.47. The molecule has 0 aromatic carbocycles. The lowest BCUT2D eigenvalue weighted by atomic mass is 9.98. The first kappa shape index (κ1) is 62.8. The lowest BCUT2D eigenvalue weighted by Crippen LogP contribution is -2.61. The summed E-state index contributed by atoms with van der Waals surface area (Å²) < 4.78 is 33.6. The van der Waals surface area contributed by atoms with Crippen LogP contribution in [0.3, 0.4) is 0 Å². The second-order valence-corrected chi connectivity index (χ2v) is 19.1. The van der Waals surface area contributed by atoms with Crippen molar-refractivity contribution in [2.24, 2.45) is 0 Å². The zero-order valence-electron chi connectivity index (χ0n) is 42.5. The molecule has 0 aliphatic carbocycles. The van der Waals surface area contributed by atoms with Gasteiger partial charge in [0, 0.05) is 12.8 Å². The van der Waals surface area contributed by atoms with Crippen molar-refractivity contribution in [1.29, 1.82) is 0 Å². The van der Waals surface area contributed by atoms with Gasteiger partial charge in [0.1, 0.15) is 55.4 Å². The van der Waals surface area contributed by atoms with Gasteiger partial charge in [-0.3, -0.25) is 9.59 Å². The highest BCUT2D eigenvalue weighted by molar-refractivity contribution is 5.70. The Morgan fingerprint density at radius 1 is 0.464 bits per heavy atom. The molecule has 0 radical (unpaired) electrons. The molecule has 0 aromatic rings. The molecule has 15 heteroatoms. The van der Waals surface area contributed by atoms with E-state index in [4.69, 9.17) is 28.4 Å². The molecule has 15 nitrogen and oxygen atoms in total. The molecule has 11 atom stereocenters. The molecule has 2 heterocycles. The quantitative estimate of drug-likeness (QED) is 0.0174. The Morgan fingerprint density at radius 3 is 1.39 bits per heavy atom. The summed E-state index contributed by atoms with van der Waals surface area (Å²) in [7, 11) is 0. The van der Waals surface area contributed by atoms with Crippen LogP contribution in [0.15, 0.2) is 36.5 Å². The summed E-state index contributed by atoms with van der Waals surface area (Å²) in [5.74, 6) is -0.933. The van der Waals surface area contributed by atoms with Crippen LogP contribution >= 0.6 is 0 Å². The van der Waals surface area contributed by atoms with E-state index in [1.807, 2.05) is 0 Å². The molecule has 402 valence electrons. The van der Waals surface area contributed by atoms with Gasteiger partial charge in [0.25, 0.3) is 0 Å². The predicted octanol–water partition coefficient (Wildman–Crippen LogP) is 8.10. The lowest BCUT2D eigenvalue weighted by Gasteiger charge is -2.42. The topological polar surface area (TPSA) is 231 Å². The second kappa shape index (κ2) is 41.2. The maximum Gasteiger partial charge on any atom is 0.306 e. The number of hydrogen-bond acceptors (Lipinski definition) is 15. The Morgan fingerprint density at radius 2 is 0.870 bits per heavy atom. The zero-order chi connectivity index (χ0) is 50.3. The minimum Gasteiger partial charge on any atom is -0.462 e. The number of carbonyl (C=O) groups excluding carboxylic acids is 2. The van der Waals surface area contributed by atoms with Crippen LogP contribution in [0.2, 0.25) is 0 Å². The third kappa shape index (κ3) is 29.1. The van der Waals surface area contributed by atoms with Crippen LogP contribution in [0.5, 0.6) is 0 Å². The maximum absolute atomic E-state index is 13.0. The van der Waals surface area contributed by atoms with Crippen molar-refractivity contribution >= 4 is 11.9 Å². The Bertz CT molecular complexity index is 1340. The number of hydrogen-bond donors (Lipinski definition) is 7. The minimum absolute atomic E-state index is 0.152. The fourth-order valence-electron chi connectivity index (χ4n) is 8.40. The molecule has 0 saturated carbocycles. The molecule has 0 bridgehead atoms. The summed E-state index contributed by atoms with van der Waals surface area (Å²) in [5, 5.41) is 72.1. The fraction of sp³-hybridized carbons (Fsp3) is 0.852. The highest BCUT2D eigenvalue weighted by Crippen LogP contribution is 2.26. The van der Waals surface area contributed by atoms with E-state index in [9.17, 15) is 45.3 Å². The van der Waals surface area contributed by atoms with Gasteiger partial charge in [0.05, 0.1) is 19.8 Å². The Kier molecular flexibility index (Phi) is 37.5. The summed E-state index contributed by atoms with van der Waals surface area (Å²) in [6.45, 7) is 2.56. The maximum atomic E-state index is 13.0. The van der Waals surface area contributed by atoms with Crippen molar-refractivity contribution < 1.29 is 73.8 Å². The van der Waals surface area contributed by atoms with Gasteiger partial charge < -0.3 is 64.2 Å². The number of aliphatic hydroxyl groups is 7. The van der Waals surface area contributed by atoms with Crippen LogP contribution in [0.25, 0.3) is 0 Å². The molecule has 0 aromatic heterocycles. The molecule has 2 rings (SSSR count). The van der Waals surface area contributed by atoms with Crippen LogP contribution < -0.4 is 0 Å². The number of carbonyl (C=O) groups is 2. The summed E-state index contributed by atoms with van der Waals surface area (Å²) >= 11 is 0. The zero-order valence-corrected chi connectivity index (χ0v) is 42.5. The smallest absolute Gasteiger partial charge is 0.306 e. The van der Waals surface area contributed by atoms with Gasteiger partial charge in [0.15, 0.2) is 18.7 Å². The van der Waals surface area contributed by atoms with Gasteiger partial charge in [-0.25, -0.2) is 0 Å². The van der Waals surface area contributed by atoms with E-state index in [1.54, 1.807) is 0 Å². The standard InChI is InChI=1S/C54H96O15/c1-3-5-7-9-11-13-15-17-19-20-21-22-23-25-27-29-31-33-35-37-46(57)67-42(39-64-45(56)36-34-32-30-28-26-24-18-16-14-12-10-8-6-4-2)40-65-53-52(63)50(61)48(59)44(69-53)41-66-54-51(62)49(60)47(58)43(38-55)68-54/h11,13,17,19,21-22,42-44,47-55,58-63H,3-10,12,14-16,18,20,23-41H2,1-2H3/b13-11-,19-17-,22-21-. The van der Waals surface area contributed by atoms with E-state index >= 15 is 0 Å². The van der Waals surface area contributed by atoms with Gasteiger partial charge >= 0.3 is 11.9 Å². The third-order valence-electron chi connectivity index (χ3n) is 12.9. The SMILES string of the molecule is CCCCC/C=C\C/C=C\C/C=C\CCCCCCCCC(=O)OC(COC(=O)CCCCCCCCCCCCCCCC)COC1OC(COC2OC(CO)C(O)C(O)C2O)C(O)C(O)C1O. The third-order valence-corrected chi connectivity index (χ3v) is 12.9. The summed E-state index contributed by atoms with van der Waals surface area (Å²) in [6, 6.07) is 0. The van der Waals surface area contributed by atoms with Crippen LogP contribution in [-0.4, -0.2) is 142 Å². The number of aliphatic hydroxyl groups excluding tert-OH is 7. The average Bonchev–Trinajstić information content (AvgIpc) is 3.34. The van der Waals surface area contributed by atoms with Crippen LogP contribution in [0.4, 0.5) is 0 Å². The van der Waals surface area contributed by atoms with Crippen LogP contribution in [-0.2, 0) is 38.0 Å². The van der Waals surface area contributed by atoms with Crippen molar-refractivity contribution in [3.05, 3.63) is 36.5 Å². The number of rotatable bonds is 42. The Hall–Kier alpha value is -2.28. The van der Waals surface area contributed by atoms with Gasteiger partial charge in [-0.05, 0) is 51.4 Å². The molecule has 69 heavy (non-hydrogen) atoms. The van der Waals surface area contributed by atoms with E-state index in [-0.39, 0.29) is 26.1 Å². The van der Waals surface area contributed by atoms with Crippen molar-refractivity contribution in [3.63, 3.8) is 0 Å². The number of ether oxygens (including phenoxy) is 6. The molecule has 2 fully saturated rings. The van der Waals surface area contributed by atoms with Gasteiger partial charge in [-0.1, -0.05) is 172 Å². The normalized spacial score (nSPS) is 25.8. The molecule has 7 N–H and O–H groups in total. The summed E-state index contributed by atoms with van der Waals surface area (Å²) in [5.41, 5.74) is 0. The predicted molar refractivity (Wildman–Crippen MR) is 266 cm³/mol. The molecule has 2 aliphatic rings. The van der Waals surface area contributed by atoms with Crippen LogP contribution in [0.1, 0.15) is 200 Å². The first-order valence-corrected chi connectivity index (χ1v) is 27.1. The van der Waals surface area contributed by atoms with E-state index in [2.05, 4.69) is 50.3 Å². The van der Waals surface area contributed by atoms with E-state index in [1.165, 1.54) is 89.9 Å². The first-order chi connectivity index (χ1) is 33.5. The first-order valence-electron chi connectivity index (χ1n) is 27.1. The van der Waals surface area contributed by atoms with E-state index in [0.29, 0.717) is 12.8 Å². The van der Waals surface area contributed by atoms with Crippen molar-refractivity contribution in [1.82, 2.24) is 0 Å². The summed E-state index contributed by atoms with van der Waals surface area (Å²) in [6.07, 6.45) is 27.3. The molecule has 0 amide bonds. The van der Waals surface area contributed by atoms with E-state index < -0.39 is 92.7 Å². The van der Waals surface area contributed by atoms with Gasteiger partial charge in [-0.2, -0.15) is 0 Å². The second-order valence-electron chi connectivity index (χ2n) is 19.1. The molecule has 2 saturated heterocycles. The lowest BCUT2D eigenvalue weighted by molar-refractivity contribution is -0.332. The van der Waals surface area contributed by atoms with E-state index in [0.717, 1.165) is 70.6 Å². The van der Waals surface area contributed by atoms with Crippen molar-refractivity contribution in [2.75, 3.05) is 26.4 Å². The number of esters is 2. The Balaban J connectivity index is 1.79. The molecule has 0 spiro atoms. The van der Waals surface area contributed by atoms with Gasteiger partial charge in [-0.15, -0.1) is 0 Å². The Labute approximate surface area is 415 Å². The number of unbranched alkanes of at least 4 members (excludes halogenated alkanes) is 22. The highest BCUT2D eigenvalue weighted by atomic mass is 16.7. The molecular weight excluding hydrogens is 889 g/mol. The molecular formula is C54H96O15. The average molecular weight is 985 g/mol. The van der Waals surface area contributed by atoms with Gasteiger partial charge in [0.2, 0.25) is 0 Å². The molecule has 11 unspecified atom stereocenters. The monoisotopic (exact) mass is 985 g/mol.